The Hall–Kier alpha value is -1.62. The second-order valence-corrected chi connectivity index (χ2v) is 6.51. The molecule has 0 fully saturated rings. The minimum absolute atomic E-state index is 0.0454. The molecule has 2 heterocycles. The summed E-state index contributed by atoms with van der Waals surface area (Å²) in [6, 6.07) is 4.04. The van der Waals surface area contributed by atoms with Crippen LogP contribution in [0.25, 0.3) is 0 Å². The molecule has 5 heteroatoms. The van der Waals surface area contributed by atoms with Gasteiger partial charge in [0.15, 0.2) is 0 Å². The molecule has 0 saturated heterocycles. The SMILES string of the molecule is CC(Cn1cccn1)NC(=O)c1cc2c(s1)CCCC2. The highest BCUT2D eigenvalue weighted by molar-refractivity contribution is 7.14. The normalized spacial score (nSPS) is 15.7. The number of aromatic nitrogens is 2. The Morgan fingerprint density at radius 2 is 2.35 bits per heavy atom. The van der Waals surface area contributed by atoms with Gasteiger partial charge in [-0.2, -0.15) is 5.10 Å². The zero-order valence-corrected chi connectivity index (χ0v) is 12.4. The average Bonchev–Trinajstić information content (AvgIpc) is 3.06. The summed E-state index contributed by atoms with van der Waals surface area (Å²) in [5.41, 5.74) is 1.38. The molecule has 1 atom stereocenters. The van der Waals surface area contributed by atoms with Crippen LogP contribution in [-0.2, 0) is 19.4 Å². The van der Waals surface area contributed by atoms with Crippen LogP contribution in [0.1, 0.15) is 39.9 Å². The third kappa shape index (κ3) is 2.93. The zero-order valence-electron chi connectivity index (χ0n) is 11.6. The van der Waals surface area contributed by atoms with E-state index in [0.29, 0.717) is 6.54 Å². The largest absolute Gasteiger partial charge is 0.347 e. The number of fused-ring (bicyclic) bond motifs is 1. The van der Waals surface area contributed by atoms with Crippen molar-refractivity contribution in [2.24, 2.45) is 0 Å². The molecule has 0 aromatic carbocycles. The number of hydrogen-bond acceptors (Lipinski definition) is 3. The predicted octanol–water partition coefficient (Wildman–Crippen LogP) is 2.64. The van der Waals surface area contributed by atoms with E-state index in [4.69, 9.17) is 0 Å². The van der Waals surface area contributed by atoms with Crippen molar-refractivity contribution in [2.45, 2.75) is 45.2 Å². The number of nitrogens with zero attached hydrogens (tertiary/aromatic N) is 2. The third-order valence-electron chi connectivity index (χ3n) is 3.62. The van der Waals surface area contributed by atoms with Crippen molar-refractivity contribution in [1.82, 2.24) is 15.1 Å². The van der Waals surface area contributed by atoms with Gasteiger partial charge >= 0.3 is 0 Å². The lowest BCUT2D eigenvalue weighted by Gasteiger charge is -2.13. The lowest BCUT2D eigenvalue weighted by molar-refractivity contribution is 0.0940. The van der Waals surface area contributed by atoms with Crippen molar-refractivity contribution >= 4 is 17.2 Å². The first-order valence-electron chi connectivity index (χ1n) is 7.12. The molecule has 0 saturated carbocycles. The van der Waals surface area contributed by atoms with E-state index in [1.54, 1.807) is 17.5 Å². The topological polar surface area (TPSA) is 46.9 Å². The maximum absolute atomic E-state index is 12.3. The van der Waals surface area contributed by atoms with Gasteiger partial charge in [0.2, 0.25) is 0 Å². The summed E-state index contributed by atoms with van der Waals surface area (Å²) < 4.78 is 1.84. The predicted molar refractivity (Wildman–Crippen MR) is 80.1 cm³/mol. The van der Waals surface area contributed by atoms with Crippen LogP contribution >= 0.6 is 11.3 Å². The van der Waals surface area contributed by atoms with E-state index in [0.717, 1.165) is 17.7 Å². The molecular formula is C15H19N3OS. The molecule has 3 rings (SSSR count). The lowest BCUT2D eigenvalue weighted by atomic mass is 9.99. The number of aryl methyl sites for hydroxylation is 2. The molecule has 1 N–H and O–H groups in total. The van der Waals surface area contributed by atoms with Gasteiger partial charge in [-0.25, -0.2) is 0 Å². The molecule has 4 nitrogen and oxygen atoms in total. The van der Waals surface area contributed by atoms with Gasteiger partial charge in [-0.3, -0.25) is 9.48 Å². The highest BCUT2D eigenvalue weighted by Crippen LogP contribution is 2.29. The van der Waals surface area contributed by atoms with Gasteiger partial charge < -0.3 is 5.32 Å². The minimum atomic E-state index is 0.0454. The molecule has 0 aliphatic heterocycles. The van der Waals surface area contributed by atoms with Crippen molar-refractivity contribution in [3.63, 3.8) is 0 Å². The second kappa shape index (κ2) is 5.79. The minimum Gasteiger partial charge on any atom is -0.347 e. The molecule has 20 heavy (non-hydrogen) atoms. The summed E-state index contributed by atoms with van der Waals surface area (Å²) >= 11 is 1.66. The number of carbonyl (C=O) groups is 1. The molecule has 2 aromatic heterocycles. The number of amides is 1. The molecule has 2 aromatic rings. The maximum atomic E-state index is 12.3. The van der Waals surface area contributed by atoms with E-state index in [1.807, 2.05) is 23.9 Å². The van der Waals surface area contributed by atoms with Crippen LogP contribution in [0, 0.1) is 0 Å². The molecule has 0 spiro atoms. The maximum Gasteiger partial charge on any atom is 0.261 e. The Kier molecular flexibility index (Phi) is 3.87. The Morgan fingerprint density at radius 3 is 3.10 bits per heavy atom. The van der Waals surface area contributed by atoms with Crippen LogP contribution in [0.5, 0.6) is 0 Å². The van der Waals surface area contributed by atoms with Gasteiger partial charge in [0.25, 0.3) is 5.91 Å². The van der Waals surface area contributed by atoms with Gasteiger partial charge in [0.05, 0.1) is 11.4 Å². The third-order valence-corrected chi connectivity index (χ3v) is 4.85. The first-order chi connectivity index (χ1) is 9.72. The summed E-state index contributed by atoms with van der Waals surface area (Å²) in [6.07, 6.45) is 8.43. The summed E-state index contributed by atoms with van der Waals surface area (Å²) in [7, 11) is 0. The van der Waals surface area contributed by atoms with Crippen LogP contribution in [0.3, 0.4) is 0 Å². The van der Waals surface area contributed by atoms with Gasteiger partial charge in [-0.1, -0.05) is 0 Å². The van der Waals surface area contributed by atoms with Crippen molar-refractivity contribution in [2.75, 3.05) is 0 Å². The van der Waals surface area contributed by atoms with Crippen LogP contribution in [-0.4, -0.2) is 21.7 Å². The smallest absolute Gasteiger partial charge is 0.261 e. The van der Waals surface area contributed by atoms with Crippen molar-refractivity contribution in [3.8, 4) is 0 Å². The average molecular weight is 289 g/mol. The first-order valence-corrected chi connectivity index (χ1v) is 7.94. The number of nitrogens with one attached hydrogen (secondary N) is 1. The lowest BCUT2D eigenvalue weighted by Crippen LogP contribution is -2.35. The van der Waals surface area contributed by atoms with Crippen LogP contribution in [0.15, 0.2) is 24.5 Å². The van der Waals surface area contributed by atoms with E-state index in [-0.39, 0.29) is 11.9 Å². The summed E-state index contributed by atoms with van der Waals surface area (Å²) in [4.78, 5) is 14.5. The number of carbonyl (C=O) groups excluding carboxylic acids is 1. The van der Waals surface area contributed by atoms with Gasteiger partial charge in [0.1, 0.15) is 0 Å². The quantitative estimate of drug-likeness (QED) is 0.940. The molecular weight excluding hydrogens is 270 g/mol. The second-order valence-electron chi connectivity index (χ2n) is 5.37. The zero-order chi connectivity index (χ0) is 13.9. The molecule has 1 amide bonds. The number of thiophene rings is 1. The Bertz CT molecular complexity index is 565. The van der Waals surface area contributed by atoms with E-state index in [9.17, 15) is 4.79 Å². The van der Waals surface area contributed by atoms with Crippen molar-refractivity contribution in [3.05, 3.63) is 39.8 Å². The van der Waals surface area contributed by atoms with Crippen LogP contribution in [0.2, 0.25) is 0 Å². The summed E-state index contributed by atoms with van der Waals surface area (Å²) in [6.45, 7) is 2.71. The van der Waals surface area contributed by atoms with E-state index < -0.39 is 0 Å². The fraction of sp³-hybridized carbons (Fsp3) is 0.467. The van der Waals surface area contributed by atoms with Gasteiger partial charge in [-0.05, 0) is 50.3 Å². The monoisotopic (exact) mass is 289 g/mol. The summed E-state index contributed by atoms with van der Waals surface area (Å²) in [5.74, 6) is 0.0454. The first kappa shape index (κ1) is 13.4. The fourth-order valence-electron chi connectivity index (χ4n) is 2.63. The van der Waals surface area contributed by atoms with E-state index in [2.05, 4.69) is 16.5 Å². The van der Waals surface area contributed by atoms with Crippen molar-refractivity contribution < 1.29 is 4.79 Å². The van der Waals surface area contributed by atoms with Gasteiger partial charge in [0, 0.05) is 23.3 Å². The molecule has 106 valence electrons. The highest BCUT2D eigenvalue weighted by Gasteiger charge is 2.18. The van der Waals surface area contributed by atoms with E-state index >= 15 is 0 Å². The molecule has 1 aliphatic carbocycles. The molecule has 0 bridgehead atoms. The molecule has 0 radical (unpaired) electrons. The fourth-order valence-corrected chi connectivity index (χ4v) is 3.79. The van der Waals surface area contributed by atoms with Crippen LogP contribution < -0.4 is 5.32 Å². The van der Waals surface area contributed by atoms with E-state index in [1.165, 1.54) is 23.3 Å². The molecule has 1 unspecified atom stereocenters. The number of hydrogen-bond donors (Lipinski definition) is 1. The number of rotatable bonds is 4. The molecule has 1 aliphatic rings. The standard InChI is InChI=1S/C15H19N3OS/c1-11(10-18-8-4-7-16-18)17-15(19)14-9-12-5-2-3-6-13(12)20-14/h4,7-9,11H,2-3,5-6,10H2,1H3,(H,17,19). The highest BCUT2D eigenvalue weighted by atomic mass is 32.1. The van der Waals surface area contributed by atoms with Gasteiger partial charge in [-0.15, -0.1) is 11.3 Å². The van der Waals surface area contributed by atoms with Crippen molar-refractivity contribution in [1.29, 1.82) is 0 Å². The Labute approximate surface area is 122 Å². The summed E-state index contributed by atoms with van der Waals surface area (Å²) in [5, 5.41) is 7.21. The Balaban J connectivity index is 1.62. The van der Waals surface area contributed by atoms with Crippen LogP contribution in [0.4, 0.5) is 0 Å². The Morgan fingerprint density at radius 1 is 1.50 bits per heavy atom.